The Morgan fingerprint density at radius 2 is 1.93 bits per heavy atom. The SMILES string of the molecule is CC.NC[C@H]1CCC(n2cnc3c(N)nc(C#CCCc4ccccc4)nc32)C1. The summed E-state index contributed by atoms with van der Waals surface area (Å²) in [5, 5.41) is 0. The Morgan fingerprint density at radius 1 is 1.14 bits per heavy atom. The van der Waals surface area contributed by atoms with Gasteiger partial charge in [0.25, 0.3) is 0 Å². The normalized spacial score (nSPS) is 18.0. The van der Waals surface area contributed by atoms with Gasteiger partial charge in [-0.2, -0.15) is 0 Å². The molecule has 0 spiro atoms. The van der Waals surface area contributed by atoms with Crippen LogP contribution in [0.3, 0.4) is 0 Å². The molecule has 3 aromatic rings. The summed E-state index contributed by atoms with van der Waals surface area (Å²) < 4.78 is 2.12. The molecule has 0 bridgehead atoms. The number of imidazole rings is 1. The molecule has 2 atom stereocenters. The van der Waals surface area contributed by atoms with Gasteiger partial charge in [-0.3, -0.25) is 0 Å². The van der Waals surface area contributed by atoms with Crippen molar-refractivity contribution in [3.63, 3.8) is 0 Å². The molecule has 2 aromatic heterocycles. The fraction of sp³-hybridized carbons (Fsp3) is 0.435. The summed E-state index contributed by atoms with van der Waals surface area (Å²) in [5.74, 6) is 7.65. The standard InChI is InChI=1S/C21H24N6.C2H6/c22-13-16-10-11-17(12-16)27-14-24-19-20(23)25-18(26-21(19)27)9-5-4-8-15-6-2-1-3-7-15;1-2/h1-3,6-7,14,16-17H,4,8,10-13,22H2,(H2,23,25,26);1-2H3/t16-,17?;/m0./s1. The maximum atomic E-state index is 6.10. The third-order valence-corrected chi connectivity index (χ3v) is 5.27. The topological polar surface area (TPSA) is 95.6 Å². The molecule has 6 nitrogen and oxygen atoms in total. The molecule has 29 heavy (non-hydrogen) atoms. The average Bonchev–Trinajstić information content (AvgIpc) is 3.40. The molecular weight excluding hydrogens is 360 g/mol. The van der Waals surface area contributed by atoms with Gasteiger partial charge >= 0.3 is 0 Å². The number of aromatic nitrogens is 4. The Morgan fingerprint density at radius 3 is 2.66 bits per heavy atom. The lowest BCUT2D eigenvalue weighted by molar-refractivity contribution is 0.488. The minimum Gasteiger partial charge on any atom is -0.382 e. The van der Waals surface area contributed by atoms with E-state index in [1.807, 2.05) is 38.4 Å². The van der Waals surface area contributed by atoms with Gasteiger partial charge in [0.15, 0.2) is 11.5 Å². The van der Waals surface area contributed by atoms with E-state index in [0.29, 0.717) is 29.1 Å². The van der Waals surface area contributed by atoms with Crippen molar-refractivity contribution in [1.82, 2.24) is 19.5 Å². The lowest BCUT2D eigenvalue weighted by atomic mass is 10.1. The zero-order valence-electron chi connectivity index (χ0n) is 17.3. The number of anilines is 1. The van der Waals surface area contributed by atoms with Gasteiger partial charge in [0, 0.05) is 12.5 Å². The zero-order chi connectivity index (χ0) is 20.6. The van der Waals surface area contributed by atoms with E-state index in [2.05, 4.69) is 43.5 Å². The summed E-state index contributed by atoms with van der Waals surface area (Å²) in [4.78, 5) is 13.4. The summed E-state index contributed by atoms with van der Waals surface area (Å²) in [6.07, 6.45) is 6.79. The molecule has 1 fully saturated rings. The smallest absolute Gasteiger partial charge is 0.208 e. The second-order valence-electron chi connectivity index (χ2n) is 7.11. The second kappa shape index (κ2) is 10.0. The quantitative estimate of drug-likeness (QED) is 0.662. The second-order valence-corrected chi connectivity index (χ2v) is 7.11. The molecule has 4 rings (SSSR count). The molecule has 2 heterocycles. The Balaban J connectivity index is 0.00000117. The molecular formula is C23H30N6. The fourth-order valence-electron chi connectivity index (χ4n) is 3.77. The van der Waals surface area contributed by atoms with Crippen LogP contribution in [0.1, 0.15) is 57.0 Å². The number of benzene rings is 1. The van der Waals surface area contributed by atoms with Crippen LogP contribution in [0.25, 0.3) is 11.2 Å². The Bertz CT molecular complexity index is 983. The lowest BCUT2D eigenvalue weighted by Crippen LogP contribution is -2.12. The van der Waals surface area contributed by atoms with Crippen molar-refractivity contribution in [2.24, 2.45) is 11.7 Å². The van der Waals surface area contributed by atoms with E-state index in [9.17, 15) is 0 Å². The van der Waals surface area contributed by atoms with Gasteiger partial charge in [0.2, 0.25) is 5.82 Å². The van der Waals surface area contributed by atoms with Crippen molar-refractivity contribution in [1.29, 1.82) is 0 Å². The van der Waals surface area contributed by atoms with Crippen LogP contribution >= 0.6 is 0 Å². The van der Waals surface area contributed by atoms with Crippen LogP contribution in [-0.4, -0.2) is 26.1 Å². The van der Waals surface area contributed by atoms with E-state index in [-0.39, 0.29) is 0 Å². The van der Waals surface area contributed by atoms with Crippen LogP contribution < -0.4 is 11.5 Å². The van der Waals surface area contributed by atoms with E-state index >= 15 is 0 Å². The van der Waals surface area contributed by atoms with Gasteiger partial charge in [-0.1, -0.05) is 50.1 Å². The highest BCUT2D eigenvalue weighted by Crippen LogP contribution is 2.35. The van der Waals surface area contributed by atoms with Crippen molar-refractivity contribution in [3.8, 4) is 11.8 Å². The first kappa shape index (κ1) is 20.8. The highest BCUT2D eigenvalue weighted by atomic mass is 15.2. The Hall–Kier alpha value is -2.91. The molecule has 4 N–H and O–H groups in total. The number of rotatable bonds is 4. The lowest BCUT2D eigenvalue weighted by Gasteiger charge is -2.12. The number of nitrogens with zero attached hydrogens (tertiary/aromatic N) is 4. The van der Waals surface area contributed by atoms with Gasteiger partial charge in [-0.05, 0) is 49.6 Å². The number of aryl methyl sites for hydroxylation is 1. The largest absolute Gasteiger partial charge is 0.382 e. The van der Waals surface area contributed by atoms with E-state index in [0.717, 1.165) is 44.3 Å². The fourth-order valence-corrected chi connectivity index (χ4v) is 3.77. The zero-order valence-corrected chi connectivity index (χ0v) is 17.3. The van der Waals surface area contributed by atoms with E-state index in [4.69, 9.17) is 11.5 Å². The average molecular weight is 391 g/mol. The maximum absolute atomic E-state index is 6.10. The monoisotopic (exact) mass is 390 g/mol. The number of nitrogen functional groups attached to an aromatic ring is 1. The van der Waals surface area contributed by atoms with Gasteiger partial charge < -0.3 is 16.0 Å². The van der Waals surface area contributed by atoms with E-state index in [1.54, 1.807) is 0 Å². The number of fused-ring (bicyclic) bond motifs is 1. The van der Waals surface area contributed by atoms with E-state index in [1.165, 1.54) is 5.56 Å². The molecule has 1 aromatic carbocycles. The minimum atomic E-state index is 0.372. The summed E-state index contributed by atoms with van der Waals surface area (Å²) >= 11 is 0. The van der Waals surface area contributed by atoms with Crippen molar-refractivity contribution < 1.29 is 0 Å². The van der Waals surface area contributed by atoms with Crippen molar-refractivity contribution in [3.05, 3.63) is 48.0 Å². The molecule has 1 unspecified atom stereocenters. The molecule has 6 heteroatoms. The summed E-state index contributed by atoms with van der Waals surface area (Å²) in [6.45, 7) is 4.73. The van der Waals surface area contributed by atoms with Gasteiger partial charge in [-0.15, -0.1) is 0 Å². The third-order valence-electron chi connectivity index (χ3n) is 5.27. The first-order valence-electron chi connectivity index (χ1n) is 10.5. The van der Waals surface area contributed by atoms with Crippen molar-refractivity contribution in [2.75, 3.05) is 12.3 Å². The van der Waals surface area contributed by atoms with Crippen LogP contribution in [0.4, 0.5) is 5.82 Å². The van der Waals surface area contributed by atoms with E-state index < -0.39 is 0 Å². The molecule has 0 amide bonds. The Labute approximate surface area is 172 Å². The first-order chi connectivity index (χ1) is 14.2. The summed E-state index contributed by atoms with van der Waals surface area (Å²) in [6, 6.07) is 10.7. The van der Waals surface area contributed by atoms with Crippen molar-refractivity contribution in [2.45, 2.75) is 52.0 Å². The highest BCUT2D eigenvalue weighted by Gasteiger charge is 2.26. The van der Waals surface area contributed by atoms with Gasteiger partial charge in [0.05, 0.1) is 6.33 Å². The predicted octanol–water partition coefficient (Wildman–Crippen LogP) is 3.72. The molecule has 0 saturated heterocycles. The van der Waals surface area contributed by atoms with Crippen LogP contribution in [0, 0.1) is 17.8 Å². The third kappa shape index (κ3) is 4.93. The molecule has 1 aliphatic carbocycles. The van der Waals surface area contributed by atoms with Crippen LogP contribution in [0.15, 0.2) is 36.7 Å². The summed E-state index contributed by atoms with van der Waals surface area (Å²) in [5.41, 5.74) is 14.6. The van der Waals surface area contributed by atoms with Crippen LogP contribution in [-0.2, 0) is 6.42 Å². The van der Waals surface area contributed by atoms with Gasteiger partial charge in [0.1, 0.15) is 5.52 Å². The first-order valence-corrected chi connectivity index (χ1v) is 10.5. The Kier molecular flexibility index (Phi) is 7.20. The van der Waals surface area contributed by atoms with Crippen LogP contribution in [0.2, 0.25) is 0 Å². The van der Waals surface area contributed by atoms with Crippen molar-refractivity contribution >= 4 is 17.0 Å². The molecule has 152 valence electrons. The molecule has 1 saturated carbocycles. The molecule has 0 radical (unpaired) electrons. The predicted molar refractivity (Wildman–Crippen MR) is 118 cm³/mol. The number of hydrogen-bond donors (Lipinski definition) is 2. The number of hydrogen-bond acceptors (Lipinski definition) is 5. The molecule has 1 aliphatic rings. The van der Waals surface area contributed by atoms with Crippen LogP contribution in [0.5, 0.6) is 0 Å². The van der Waals surface area contributed by atoms with Gasteiger partial charge in [-0.25, -0.2) is 15.0 Å². The minimum absolute atomic E-state index is 0.372. The summed E-state index contributed by atoms with van der Waals surface area (Å²) in [7, 11) is 0. The number of nitrogens with two attached hydrogens (primary N) is 2. The molecule has 0 aliphatic heterocycles. The maximum Gasteiger partial charge on any atom is 0.208 e. The highest BCUT2D eigenvalue weighted by molar-refractivity contribution is 5.82.